The van der Waals surface area contributed by atoms with Crippen LogP contribution in [-0.2, 0) is 22.2 Å². The second-order valence-electron chi connectivity index (χ2n) is 5.86. The Hall–Kier alpha value is -2.29. The summed E-state index contributed by atoms with van der Waals surface area (Å²) in [6, 6.07) is 6.31. The summed E-state index contributed by atoms with van der Waals surface area (Å²) in [5.74, 6) is -2.45. The second-order valence-corrected chi connectivity index (χ2v) is 6.71. The number of amides is 1. The van der Waals surface area contributed by atoms with Gasteiger partial charge in [-0.1, -0.05) is 41.4 Å². The lowest BCUT2D eigenvalue weighted by Crippen LogP contribution is -2.44. The third-order valence-corrected chi connectivity index (χ3v) is 4.44. The number of hydrogen-bond acceptors (Lipinski definition) is 3. The molecule has 0 spiro atoms. The number of rotatable bonds is 6. The predicted molar refractivity (Wildman–Crippen MR) is 96.1 cm³/mol. The first kappa shape index (κ1) is 22.0. The topological polar surface area (TPSA) is 86.6 Å². The van der Waals surface area contributed by atoms with Crippen LogP contribution in [0.25, 0.3) is 0 Å². The van der Waals surface area contributed by atoms with E-state index in [0.717, 1.165) is 12.1 Å². The summed E-state index contributed by atoms with van der Waals surface area (Å²) < 4.78 is 37.7. The molecule has 2 rings (SSSR count). The molecule has 0 heterocycles. The van der Waals surface area contributed by atoms with Gasteiger partial charge in [-0.3, -0.25) is 4.79 Å². The van der Waals surface area contributed by atoms with Gasteiger partial charge >= 0.3 is 12.1 Å². The van der Waals surface area contributed by atoms with Gasteiger partial charge in [0.05, 0.1) is 5.56 Å². The molecule has 0 unspecified atom stereocenters. The molecule has 2 atom stereocenters. The highest BCUT2D eigenvalue weighted by Gasteiger charge is 2.31. The first-order valence-corrected chi connectivity index (χ1v) is 8.57. The van der Waals surface area contributed by atoms with E-state index in [1.165, 1.54) is 18.2 Å². The molecule has 0 bridgehead atoms. The van der Waals surface area contributed by atoms with Gasteiger partial charge in [0.15, 0.2) is 6.10 Å². The van der Waals surface area contributed by atoms with Crippen LogP contribution in [0.3, 0.4) is 0 Å². The van der Waals surface area contributed by atoms with Crippen molar-refractivity contribution in [3.05, 3.63) is 69.2 Å². The van der Waals surface area contributed by atoms with E-state index >= 15 is 0 Å². The van der Waals surface area contributed by atoms with Gasteiger partial charge in [-0.25, -0.2) is 4.79 Å². The number of carboxylic acids is 1. The highest BCUT2D eigenvalue weighted by molar-refractivity contribution is 6.35. The van der Waals surface area contributed by atoms with Crippen LogP contribution in [0.5, 0.6) is 0 Å². The molecule has 0 aliphatic heterocycles. The lowest BCUT2D eigenvalue weighted by Gasteiger charge is -2.18. The van der Waals surface area contributed by atoms with E-state index in [-0.39, 0.29) is 17.0 Å². The molecule has 0 radical (unpaired) electrons. The van der Waals surface area contributed by atoms with Crippen molar-refractivity contribution in [3.63, 3.8) is 0 Å². The lowest BCUT2D eigenvalue weighted by molar-refractivity contribution is -0.143. The number of halogens is 5. The predicted octanol–water partition coefficient (Wildman–Crippen LogP) is 3.86. The number of aliphatic hydroxyl groups excluding tert-OH is 1. The lowest BCUT2D eigenvalue weighted by atomic mass is 10.0. The summed E-state index contributed by atoms with van der Waals surface area (Å²) >= 11 is 11.8. The zero-order valence-corrected chi connectivity index (χ0v) is 15.5. The number of hydrogen-bond donors (Lipinski definition) is 3. The Balaban J connectivity index is 2.11. The Morgan fingerprint density at radius 3 is 2.18 bits per heavy atom. The standard InChI is InChI=1S/C18H14Cl2F3NO4/c19-12-6-3-10(13(20)8-12)7-14(17(27)28)24-16(26)15(25)9-1-4-11(5-2-9)18(21,22)23/h1-6,8,14-15,25H,7H2,(H,24,26)(H,27,28)/t14-,15-/m0/s1. The molecule has 150 valence electrons. The number of aliphatic hydroxyl groups is 1. The summed E-state index contributed by atoms with van der Waals surface area (Å²) in [5.41, 5.74) is -0.647. The molecule has 1 amide bonds. The van der Waals surface area contributed by atoms with Gasteiger partial charge in [-0.15, -0.1) is 0 Å². The van der Waals surface area contributed by atoms with Gasteiger partial charge in [-0.05, 0) is 35.4 Å². The van der Waals surface area contributed by atoms with Crippen molar-refractivity contribution in [2.75, 3.05) is 0 Å². The minimum absolute atomic E-state index is 0.112. The van der Waals surface area contributed by atoms with E-state index in [1.807, 2.05) is 0 Å². The summed E-state index contributed by atoms with van der Waals surface area (Å²) in [7, 11) is 0. The van der Waals surface area contributed by atoms with Crippen LogP contribution >= 0.6 is 23.2 Å². The molecule has 0 aliphatic rings. The molecule has 0 aliphatic carbocycles. The number of carbonyl (C=O) groups excluding carboxylic acids is 1. The number of carbonyl (C=O) groups is 2. The molecule has 0 aromatic heterocycles. The molecule has 2 aromatic carbocycles. The van der Waals surface area contributed by atoms with Crippen LogP contribution in [0, 0.1) is 0 Å². The van der Waals surface area contributed by atoms with Gasteiger partial charge in [0.25, 0.3) is 5.91 Å². The molecule has 0 saturated carbocycles. The normalized spacial score (nSPS) is 13.6. The van der Waals surface area contributed by atoms with Gasteiger partial charge in [0, 0.05) is 16.5 Å². The van der Waals surface area contributed by atoms with E-state index < -0.39 is 35.8 Å². The van der Waals surface area contributed by atoms with Gasteiger partial charge in [0.2, 0.25) is 0 Å². The fourth-order valence-electron chi connectivity index (χ4n) is 2.36. The van der Waals surface area contributed by atoms with Crippen LogP contribution in [0.15, 0.2) is 42.5 Å². The molecule has 0 fully saturated rings. The van der Waals surface area contributed by atoms with E-state index in [2.05, 4.69) is 5.32 Å². The second kappa shape index (κ2) is 8.81. The molecular weight excluding hydrogens is 422 g/mol. The van der Waals surface area contributed by atoms with E-state index in [9.17, 15) is 33.0 Å². The fourth-order valence-corrected chi connectivity index (χ4v) is 2.85. The SMILES string of the molecule is O=C(O)[C@H](Cc1ccc(Cl)cc1Cl)NC(=O)[C@@H](O)c1ccc(C(F)(F)F)cc1. The van der Waals surface area contributed by atoms with Crippen LogP contribution in [-0.4, -0.2) is 28.1 Å². The summed E-state index contributed by atoms with van der Waals surface area (Å²) in [6.07, 6.45) is -6.58. The molecule has 2 aromatic rings. The minimum Gasteiger partial charge on any atom is -0.480 e. The van der Waals surface area contributed by atoms with Crippen molar-refractivity contribution >= 4 is 35.1 Å². The van der Waals surface area contributed by atoms with E-state index in [1.54, 1.807) is 0 Å². The third-order valence-electron chi connectivity index (χ3n) is 3.86. The van der Waals surface area contributed by atoms with Gasteiger partial charge in [0.1, 0.15) is 6.04 Å². The molecule has 28 heavy (non-hydrogen) atoms. The first-order valence-electron chi connectivity index (χ1n) is 7.81. The Bertz CT molecular complexity index is 872. The molecule has 3 N–H and O–H groups in total. The minimum atomic E-state index is -4.56. The number of aliphatic carboxylic acids is 1. The smallest absolute Gasteiger partial charge is 0.416 e. The maximum absolute atomic E-state index is 12.6. The van der Waals surface area contributed by atoms with Crippen molar-refractivity contribution in [2.24, 2.45) is 0 Å². The molecule has 5 nitrogen and oxygen atoms in total. The van der Waals surface area contributed by atoms with E-state index in [0.29, 0.717) is 22.7 Å². The Labute approximate surface area is 167 Å². The van der Waals surface area contributed by atoms with Gasteiger partial charge < -0.3 is 15.5 Å². The largest absolute Gasteiger partial charge is 0.480 e. The van der Waals surface area contributed by atoms with Crippen LogP contribution in [0.4, 0.5) is 13.2 Å². The highest BCUT2D eigenvalue weighted by Crippen LogP contribution is 2.30. The summed E-state index contributed by atoms with van der Waals surface area (Å²) in [4.78, 5) is 23.6. The number of carboxylic acid groups (broad SMARTS) is 1. The number of benzene rings is 2. The quantitative estimate of drug-likeness (QED) is 0.642. The Morgan fingerprint density at radius 2 is 1.68 bits per heavy atom. The van der Waals surface area contributed by atoms with Gasteiger partial charge in [-0.2, -0.15) is 13.2 Å². The maximum atomic E-state index is 12.6. The van der Waals surface area contributed by atoms with Crippen molar-refractivity contribution < 1.29 is 33.0 Å². The average Bonchev–Trinajstić information content (AvgIpc) is 2.61. The average molecular weight is 436 g/mol. The first-order chi connectivity index (χ1) is 13.0. The summed E-state index contributed by atoms with van der Waals surface area (Å²) in [6.45, 7) is 0. The zero-order chi connectivity index (χ0) is 21.1. The molecular formula is C18H14Cl2F3NO4. The van der Waals surface area contributed by atoms with Crippen molar-refractivity contribution in [2.45, 2.75) is 24.7 Å². The van der Waals surface area contributed by atoms with E-state index in [4.69, 9.17) is 23.2 Å². The number of alkyl halides is 3. The monoisotopic (exact) mass is 435 g/mol. The molecule has 10 heteroatoms. The Morgan fingerprint density at radius 1 is 1.07 bits per heavy atom. The summed E-state index contributed by atoms with van der Waals surface area (Å²) in [5, 5.41) is 22.1. The highest BCUT2D eigenvalue weighted by atomic mass is 35.5. The zero-order valence-electron chi connectivity index (χ0n) is 14.0. The van der Waals surface area contributed by atoms with Crippen LogP contribution in [0.2, 0.25) is 10.0 Å². The van der Waals surface area contributed by atoms with Crippen LogP contribution in [0.1, 0.15) is 22.8 Å². The third kappa shape index (κ3) is 5.60. The Kier molecular flexibility index (Phi) is 6.92. The van der Waals surface area contributed by atoms with Crippen molar-refractivity contribution in [1.82, 2.24) is 5.32 Å². The van der Waals surface area contributed by atoms with Crippen LogP contribution < -0.4 is 5.32 Å². The maximum Gasteiger partial charge on any atom is 0.416 e. The molecule has 0 saturated heterocycles. The fraction of sp³-hybridized carbons (Fsp3) is 0.222. The van der Waals surface area contributed by atoms with Crippen molar-refractivity contribution in [3.8, 4) is 0 Å². The van der Waals surface area contributed by atoms with Crippen molar-refractivity contribution in [1.29, 1.82) is 0 Å². The number of nitrogens with one attached hydrogen (secondary N) is 1.